The van der Waals surface area contributed by atoms with Crippen LogP contribution >= 0.6 is 0 Å². The summed E-state index contributed by atoms with van der Waals surface area (Å²) in [5.41, 5.74) is 3.06. The summed E-state index contributed by atoms with van der Waals surface area (Å²) in [6, 6.07) is 14.4. The third-order valence-electron chi connectivity index (χ3n) is 3.38. The van der Waals surface area contributed by atoms with E-state index in [0.29, 0.717) is 6.54 Å². The number of rotatable bonds is 4. The standard InChI is InChI=1S/C15H14N4O2/c1-18-14-5-3-2-4-13(14)17-15(18)16-10-11-6-8-12(9-7-11)19(20)21/h2-9H,10H2,1H3,(H,16,17). The maximum atomic E-state index is 10.6. The number of hydrogen-bond acceptors (Lipinski definition) is 4. The Bertz CT molecular complexity index is 793. The zero-order chi connectivity index (χ0) is 14.8. The first-order valence-corrected chi connectivity index (χ1v) is 6.54. The van der Waals surface area contributed by atoms with Crippen LogP contribution in [0.5, 0.6) is 0 Å². The Labute approximate surface area is 121 Å². The highest BCUT2D eigenvalue weighted by atomic mass is 16.6. The van der Waals surface area contributed by atoms with Gasteiger partial charge in [-0.3, -0.25) is 10.1 Å². The Kier molecular flexibility index (Phi) is 3.27. The second-order valence-electron chi connectivity index (χ2n) is 4.76. The van der Waals surface area contributed by atoms with Crippen molar-refractivity contribution >= 4 is 22.7 Å². The minimum absolute atomic E-state index is 0.0986. The second kappa shape index (κ2) is 5.24. The van der Waals surface area contributed by atoms with Gasteiger partial charge in [0.2, 0.25) is 5.95 Å². The van der Waals surface area contributed by atoms with Gasteiger partial charge in [0, 0.05) is 25.7 Å². The van der Waals surface area contributed by atoms with Crippen LogP contribution < -0.4 is 5.32 Å². The number of aromatic nitrogens is 2. The SMILES string of the molecule is Cn1c(NCc2ccc([N+](=O)[O-])cc2)nc2ccccc21. The molecule has 0 bridgehead atoms. The minimum atomic E-state index is -0.400. The molecule has 0 unspecified atom stereocenters. The highest BCUT2D eigenvalue weighted by Crippen LogP contribution is 2.18. The van der Waals surface area contributed by atoms with Gasteiger partial charge in [-0.2, -0.15) is 0 Å². The van der Waals surface area contributed by atoms with E-state index in [-0.39, 0.29) is 5.69 Å². The maximum absolute atomic E-state index is 10.6. The number of nitro benzene ring substituents is 1. The first-order chi connectivity index (χ1) is 10.1. The van der Waals surface area contributed by atoms with E-state index in [1.807, 2.05) is 35.9 Å². The van der Waals surface area contributed by atoms with E-state index in [4.69, 9.17) is 0 Å². The molecule has 0 spiro atoms. The van der Waals surface area contributed by atoms with E-state index in [0.717, 1.165) is 22.5 Å². The van der Waals surface area contributed by atoms with Crippen molar-refractivity contribution in [2.45, 2.75) is 6.54 Å². The lowest BCUT2D eigenvalue weighted by Crippen LogP contribution is -2.05. The van der Waals surface area contributed by atoms with Gasteiger partial charge in [0.05, 0.1) is 16.0 Å². The van der Waals surface area contributed by atoms with Gasteiger partial charge < -0.3 is 9.88 Å². The predicted molar refractivity (Wildman–Crippen MR) is 81.1 cm³/mol. The summed E-state index contributed by atoms with van der Waals surface area (Å²) in [4.78, 5) is 14.7. The number of hydrogen-bond donors (Lipinski definition) is 1. The van der Waals surface area contributed by atoms with Crippen LogP contribution in [0.3, 0.4) is 0 Å². The van der Waals surface area contributed by atoms with Gasteiger partial charge >= 0.3 is 0 Å². The van der Waals surface area contributed by atoms with Crippen molar-refractivity contribution in [2.24, 2.45) is 7.05 Å². The van der Waals surface area contributed by atoms with Crippen LogP contribution in [0.1, 0.15) is 5.56 Å². The van der Waals surface area contributed by atoms with Gasteiger partial charge in [0.25, 0.3) is 5.69 Å². The molecule has 0 radical (unpaired) electrons. The number of nitro groups is 1. The average Bonchev–Trinajstić information content (AvgIpc) is 2.82. The summed E-state index contributed by atoms with van der Waals surface area (Å²) in [6.07, 6.45) is 0. The van der Waals surface area contributed by atoms with Crippen molar-refractivity contribution in [3.05, 3.63) is 64.2 Å². The van der Waals surface area contributed by atoms with Crippen molar-refractivity contribution in [3.63, 3.8) is 0 Å². The third-order valence-corrected chi connectivity index (χ3v) is 3.38. The lowest BCUT2D eigenvalue weighted by molar-refractivity contribution is -0.384. The number of benzene rings is 2. The quantitative estimate of drug-likeness (QED) is 0.589. The Morgan fingerprint density at radius 3 is 2.57 bits per heavy atom. The fraction of sp³-hybridized carbons (Fsp3) is 0.133. The normalized spacial score (nSPS) is 10.7. The van der Waals surface area contributed by atoms with Crippen LogP contribution in [0.25, 0.3) is 11.0 Å². The van der Waals surface area contributed by atoms with Gasteiger partial charge in [-0.15, -0.1) is 0 Å². The zero-order valence-electron chi connectivity index (χ0n) is 11.5. The number of nitrogens with zero attached hydrogens (tertiary/aromatic N) is 3. The van der Waals surface area contributed by atoms with Crippen LogP contribution in [-0.2, 0) is 13.6 Å². The topological polar surface area (TPSA) is 73.0 Å². The number of fused-ring (bicyclic) bond motifs is 1. The largest absolute Gasteiger partial charge is 0.352 e. The van der Waals surface area contributed by atoms with Crippen LogP contribution in [0.2, 0.25) is 0 Å². The summed E-state index contributed by atoms with van der Waals surface area (Å²) < 4.78 is 1.99. The van der Waals surface area contributed by atoms with Gasteiger partial charge in [-0.1, -0.05) is 24.3 Å². The monoisotopic (exact) mass is 282 g/mol. The van der Waals surface area contributed by atoms with E-state index >= 15 is 0 Å². The molecule has 0 fully saturated rings. The minimum Gasteiger partial charge on any atom is -0.352 e. The molecular weight excluding hydrogens is 268 g/mol. The Hall–Kier alpha value is -2.89. The van der Waals surface area contributed by atoms with Gasteiger partial charge in [0.1, 0.15) is 0 Å². The van der Waals surface area contributed by atoms with Crippen LogP contribution in [-0.4, -0.2) is 14.5 Å². The molecule has 0 saturated heterocycles. The highest BCUT2D eigenvalue weighted by molar-refractivity contribution is 5.78. The van der Waals surface area contributed by atoms with Crippen molar-refractivity contribution in [1.82, 2.24) is 9.55 Å². The number of para-hydroxylation sites is 2. The first kappa shape index (κ1) is 13.1. The average molecular weight is 282 g/mol. The molecule has 1 N–H and O–H groups in total. The third kappa shape index (κ3) is 2.55. The molecule has 0 amide bonds. The van der Waals surface area contributed by atoms with E-state index in [1.54, 1.807) is 12.1 Å². The fourth-order valence-electron chi connectivity index (χ4n) is 2.22. The molecule has 1 heterocycles. The van der Waals surface area contributed by atoms with Crippen molar-refractivity contribution < 1.29 is 4.92 Å². The molecule has 1 aromatic heterocycles. The number of anilines is 1. The van der Waals surface area contributed by atoms with Crippen molar-refractivity contribution in [1.29, 1.82) is 0 Å². The number of non-ortho nitro benzene ring substituents is 1. The molecule has 3 aromatic rings. The fourth-order valence-corrected chi connectivity index (χ4v) is 2.22. The van der Waals surface area contributed by atoms with E-state index in [1.165, 1.54) is 12.1 Å². The van der Waals surface area contributed by atoms with Gasteiger partial charge in [-0.25, -0.2) is 4.98 Å². The molecule has 3 rings (SSSR count). The smallest absolute Gasteiger partial charge is 0.269 e. The van der Waals surface area contributed by atoms with E-state index in [9.17, 15) is 10.1 Å². The molecule has 106 valence electrons. The van der Waals surface area contributed by atoms with Crippen molar-refractivity contribution in [3.8, 4) is 0 Å². The van der Waals surface area contributed by atoms with Crippen LogP contribution in [0.15, 0.2) is 48.5 Å². The number of aryl methyl sites for hydroxylation is 1. The lowest BCUT2D eigenvalue weighted by atomic mass is 10.2. The summed E-state index contributed by atoms with van der Waals surface area (Å²) in [7, 11) is 1.95. The molecule has 0 aliphatic heterocycles. The Morgan fingerprint density at radius 2 is 1.90 bits per heavy atom. The molecule has 0 atom stereocenters. The summed E-state index contributed by atoms with van der Waals surface area (Å²) in [5.74, 6) is 0.773. The van der Waals surface area contributed by atoms with E-state index in [2.05, 4.69) is 10.3 Å². The predicted octanol–water partition coefficient (Wildman–Crippen LogP) is 3.09. The Balaban J connectivity index is 1.77. The van der Waals surface area contributed by atoms with Gasteiger partial charge in [-0.05, 0) is 17.7 Å². The highest BCUT2D eigenvalue weighted by Gasteiger charge is 2.07. The number of nitrogens with one attached hydrogen (secondary N) is 1. The zero-order valence-corrected chi connectivity index (χ0v) is 11.5. The second-order valence-corrected chi connectivity index (χ2v) is 4.76. The maximum Gasteiger partial charge on any atom is 0.269 e. The summed E-state index contributed by atoms with van der Waals surface area (Å²) in [5, 5.41) is 13.9. The van der Waals surface area contributed by atoms with Gasteiger partial charge in [0.15, 0.2) is 0 Å². The molecule has 21 heavy (non-hydrogen) atoms. The molecule has 2 aromatic carbocycles. The Morgan fingerprint density at radius 1 is 1.19 bits per heavy atom. The molecule has 6 heteroatoms. The lowest BCUT2D eigenvalue weighted by Gasteiger charge is -2.06. The number of imidazole rings is 1. The van der Waals surface area contributed by atoms with Crippen LogP contribution in [0, 0.1) is 10.1 Å². The summed E-state index contributed by atoms with van der Waals surface area (Å²) >= 11 is 0. The molecule has 6 nitrogen and oxygen atoms in total. The van der Waals surface area contributed by atoms with E-state index < -0.39 is 4.92 Å². The molecular formula is C15H14N4O2. The molecule has 0 saturated carbocycles. The first-order valence-electron chi connectivity index (χ1n) is 6.54. The summed E-state index contributed by atoms with van der Waals surface area (Å²) in [6.45, 7) is 0.565. The molecule has 0 aliphatic carbocycles. The van der Waals surface area contributed by atoms with Crippen LogP contribution in [0.4, 0.5) is 11.6 Å². The van der Waals surface area contributed by atoms with Crippen molar-refractivity contribution in [2.75, 3.05) is 5.32 Å². The molecule has 0 aliphatic rings.